The van der Waals surface area contributed by atoms with Crippen LogP contribution < -0.4 is 20.9 Å². The van der Waals surface area contributed by atoms with Crippen LogP contribution in [0.4, 0.5) is 11.8 Å². The first-order valence-corrected chi connectivity index (χ1v) is 9.54. The summed E-state index contributed by atoms with van der Waals surface area (Å²) in [6.07, 6.45) is 2.62. The van der Waals surface area contributed by atoms with Crippen LogP contribution in [-0.4, -0.2) is 37.4 Å². The van der Waals surface area contributed by atoms with Crippen LogP contribution in [0.1, 0.15) is 19.8 Å². The number of sulfone groups is 1. The number of nitrogen functional groups attached to an aromatic ring is 2. The molecule has 0 aliphatic heterocycles. The lowest BCUT2D eigenvalue weighted by atomic mass is 10.3. The van der Waals surface area contributed by atoms with Crippen LogP contribution in [-0.2, 0) is 9.84 Å². The van der Waals surface area contributed by atoms with E-state index >= 15 is 0 Å². The zero-order valence-corrected chi connectivity index (χ0v) is 14.8. The van der Waals surface area contributed by atoms with Crippen LogP contribution in [0.5, 0.6) is 11.5 Å². The van der Waals surface area contributed by atoms with Crippen LogP contribution >= 0.6 is 0 Å². The van der Waals surface area contributed by atoms with Gasteiger partial charge in [0.15, 0.2) is 21.4 Å². The molecule has 2 rings (SSSR count). The van der Waals surface area contributed by atoms with Gasteiger partial charge in [-0.2, -0.15) is 4.98 Å². The molecular weight excluding hydrogens is 344 g/mol. The predicted molar refractivity (Wildman–Crippen MR) is 95.2 cm³/mol. The van der Waals surface area contributed by atoms with Gasteiger partial charge in [-0.25, -0.2) is 13.4 Å². The van der Waals surface area contributed by atoms with Gasteiger partial charge in [-0.1, -0.05) is 6.92 Å². The Bertz CT molecular complexity index is 794. The van der Waals surface area contributed by atoms with Crippen LogP contribution in [0.3, 0.4) is 0 Å². The third kappa shape index (κ3) is 5.49. The maximum Gasteiger partial charge on any atom is 0.222 e. The molecule has 0 unspecified atom stereocenters. The molecule has 0 aliphatic carbocycles. The third-order valence-corrected chi connectivity index (χ3v) is 5.21. The lowest BCUT2D eigenvalue weighted by Crippen LogP contribution is -2.08. The first-order valence-electron chi connectivity index (χ1n) is 7.89. The lowest BCUT2D eigenvalue weighted by molar-refractivity contribution is 0.247. The SMILES string of the molecule is CCCS(=O)(=O)c1ccc(OCCCOc2cnc(N)nc2N)cc1. The number of nitrogens with two attached hydrogens (primary N) is 2. The van der Waals surface area contributed by atoms with Gasteiger partial charge in [0.2, 0.25) is 5.95 Å². The van der Waals surface area contributed by atoms with Crippen molar-refractivity contribution < 1.29 is 17.9 Å². The number of anilines is 2. The molecule has 1 heterocycles. The highest BCUT2D eigenvalue weighted by molar-refractivity contribution is 7.91. The van der Waals surface area contributed by atoms with Gasteiger partial charge in [-0.3, -0.25) is 0 Å². The first kappa shape index (κ1) is 18.8. The second-order valence-electron chi connectivity index (χ2n) is 5.32. The fourth-order valence-corrected chi connectivity index (χ4v) is 3.39. The highest BCUT2D eigenvalue weighted by Gasteiger charge is 2.12. The minimum Gasteiger partial charge on any atom is -0.493 e. The lowest BCUT2D eigenvalue weighted by Gasteiger charge is -2.09. The number of rotatable bonds is 9. The van der Waals surface area contributed by atoms with Crippen molar-refractivity contribution in [3.63, 3.8) is 0 Å². The van der Waals surface area contributed by atoms with Crippen molar-refractivity contribution in [2.24, 2.45) is 0 Å². The molecule has 136 valence electrons. The quantitative estimate of drug-likeness (QED) is 0.641. The molecular formula is C16H22N4O4S. The summed E-state index contributed by atoms with van der Waals surface area (Å²) in [5.74, 6) is 1.41. The standard InChI is InChI=1S/C16H22N4O4S/c1-2-10-25(21,22)13-6-4-12(5-7-13)23-8-3-9-24-14-11-19-16(18)20-15(14)17/h4-7,11H,2-3,8-10H2,1H3,(H4,17,18,19,20). The van der Waals surface area contributed by atoms with Gasteiger partial charge in [0, 0.05) is 6.42 Å². The summed E-state index contributed by atoms with van der Waals surface area (Å²) in [6, 6.07) is 6.41. The topological polar surface area (TPSA) is 130 Å². The molecule has 2 aromatic rings. The van der Waals surface area contributed by atoms with Gasteiger partial charge in [-0.15, -0.1) is 0 Å². The maximum absolute atomic E-state index is 11.9. The fraction of sp³-hybridized carbons (Fsp3) is 0.375. The smallest absolute Gasteiger partial charge is 0.222 e. The minimum atomic E-state index is -3.20. The number of aromatic nitrogens is 2. The molecule has 8 nitrogen and oxygen atoms in total. The summed E-state index contributed by atoms with van der Waals surface area (Å²) in [7, 11) is -3.20. The number of nitrogens with zero attached hydrogens (tertiary/aromatic N) is 2. The molecule has 0 fully saturated rings. The zero-order valence-electron chi connectivity index (χ0n) is 14.0. The van der Waals surface area contributed by atoms with Gasteiger partial charge in [-0.05, 0) is 30.7 Å². The largest absolute Gasteiger partial charge is 0.493 e. The number of hydrogen-bond acceptors (Lipinski definition) is 8. The molecule has 0 atom stereocenters. The monoisotopic (exact) mass is 366 g/mol. The Hall–Kier alpha value is -2.55. The predicted octanol–water partition coefficient (Wildman–Crippen LogP) is 1.67. The van der Waals surface area contributed by atoms with Gasteiger partial charge >= 0.3 is 0 Å². The van der Waals surface area contributed by atoms with E-state index in [1.54, 1.807) is 24.3 Å². The van der Waals surface area contributed by atoms with Crippen LogP contribution in [0.2, 0.25) is 0 Å². The molecule has 0 radical (unpaired) electrons. The van der Waals surface area contributed by atoms with Crippen LogP contribution in [0, 0.1) is 0 Å². The molecule has 0 aliphatic rings. The van der Waals surface area contributed by atoms with E-state index in [0.717, 1.165) is 0 Å². The van der Waals surface area contributed by atoms with Crippen molar-refractivity contribution >= 4 is 21.6 Å². The second-order valence-corrected chi connectivity index (χ2v) is 7.43. The molecule has 0 spiro atoms. The summed E-state index contributed by atoms with van der Waals surface area (Å²) in [5, 5.41) is 0. The molecule has 4 N–H and O–H groups in total. The normalized spacial score (nSPS) is 11.2. The molecule has 9 heteroatoms. The average Bonchev–Trinajstić information content (AvgIpc) is 2.57. The molecule has 0 bridgehead atoms. The van der Waals surface area contributed by atoms with Crippen molar-refractivity contribution in [2.45, 2.75) is 24.7 Å². The summed E-state index contributed by atoms with van der Waals surface area (Å²) in [4.78, 5) is 7.92. The Labute approximate surface area is 147 Å². The Morgan fingerprint density at radius 2 is 1.76 bits per heavy atom. The van der Waals surface area contributed by atoms with Crippen molar-refractivity contribution in [1.82, 2.24) is 9.97 Å². The maximum atomic E-state index is 11.9. The molecule has 0 saturated carbocycles. The van der Waals surface area contributed by atoms with Crippen LogP contribution in [0.15, 0.2) is 35.4 Å². The summed E-state index contributed by atoms with van der Waals surface area (Å²) >= 11 is 0. The molecule has 25 heavy (non-hydrogen) atoms. The van der Waals surface area contributed by atoms with E-state index < -0.39 is 9.84 Å². The highest BCUT2D eigenvalue weighted by Crippen LogP contribution is 2.19. The van der Waals surface area contributed by atoms with Crippen molar-refractivity contribution in [3.05, 3.63) is 30.5 Å². The summed E-state index contributed by atoms with van der Waals surface area (Å²) < 4.78 is 34.9. The van der Waals surface area contributed by atoms with Crippen molar-refractivity contribution in [3.8, 4) is 11.5 Å². The van der Waals surface area contributed by atoms with Crippen molar-refractivity contribution in [2.75, 3.05) is 30.4 Å². The Kier molecular flexibility index (Phi) is 6.40. The van der Waals surface area contributed by atoms with E-state index in [1.165, 1.54) is 6.20 Å². The van der Waals surface area contributed by atoms with Gasteiger partial charge in [0.1, 0.15) is 5.75 Å². The molecule has 0 saturated heterocycles. The Morgan fingerprint density at radius 3 is 2.40 bits per heavy atom. The first-order chi connectivity index (χ1) is 11.9. The summed E-state index contributed by atoms with van der Waals surface area (Å²) in [5.41, 5.74) is 11.1. The third-order valence-electron chi connectivity index (χ3n) is 3.27. The number of benzene rings is 1. The van der Waals surface area contributed by atoms with Gasteiger partial charge < -0.3 is 20.9 Å². The van der Waals surface area contributed by atoms with Crippen LogP contribution in [0.25, 0.3) is 0 Å². The average molecular weight is 366 g/mol. The molecule has 0 amide bonds. The summed E-state index contributed by atoms with van der Waals surface area (Å²) in [6.45, 7) is 2.62. The number of hydrogen-bond donors (Lipinski definition) is 2. The minimum absolute atomic E-state index is 0.0950. The fourth-order valence-electron chi connectivity index (χ4n) is 2.07. The van der Waals surface area contributed by atoms with E-state index in [2.05, 4.69) is 9.97 Å². The van der Waals surface area contributed by atoms with E-state index in [-0.39, 0.29) is 17.5 Å². The van der Waals surface area contributed by atoms with Crippen molar-refractivity contribution in [1.29, 1.82) is 0 Å². The van der Waals surface area contributed by atoms with E-state index in [0.29, 0.717) is 42.4 Å². The number of ether oxygens (including phenoxy) is 2. The van der Waals surface area contributed by atoms with Gasteiger partial charge in [0.25, 0.3) is 0 Å². The molecule has 1 aromatic heterocycles. The Balaban J connectivity index is 1.76. The van der Waals surface area contributed by atoms with E-state index in [9.17, 15) is 8.42 Å². The highest BCUT2D eigenvalue weighted by atomic mass is 32.2. The van der Waals surface area contributed by atoms with E-state index in [4.69, 9.17) is 20.9 Å². The second kappa shape index (κ2) is 8.52. The zero-order chi connectivity index (χ0) is 18.3. The molecule has 1 aromatic carbocycles. The Morgan fingerprint density at radius 1 is 1.08 bits per heavy atom. The van der Waals surface area contributed by atoms with Gasteiger partial charge in [0.05, 0.1) is 30.1 Å². The van der Waals surface area contributed by atoms with E-state index in [1.807, 2.05) is 6.92 Å².